The van der Waals surface area contributed by atoms with E-state index in [4.69, 9.17) is 14.6 Å². The summed E-state index contributed by atoms with van der Waals surface area (Å²) in [5, 5.41) is 9.97. The van der Waals surface area contributed by atoms with Gasteiger partial charge >= 0.3 is 12.1 Å². The van der Waals surface area contributed by atoms with Crippen molar-refractivity contribution in [2.75, 3.05) is 33.3 Å². The summed E-state index contributed by atoms with van der Waals surface area (Å²) >= 11 is 0. The summed E-state index contributed by atoms with van der Waals surface area (Å²) in [7, 11) is 1.73. The Morgan fingerprint density at radius 3 is 2.54 bits per heavy atom. The van der Waals surface area contributed by atoms with Gasteiger partial charge in [-0.15, -0.1) is 0 Å². The van der Waals surface area contributed by atoms with Crippen LogP contribution in [0.5, 0.6) is 0 Å². The molecule has 0 bridgehead atoms. The van der Waals surface area contributed by atoms with Crippen LogP contribution in [-0.2, 0) is 20.7 Å². The normalized spacial score (nSPS) is 24.6. The quantitative estimate of drug-likeness (QED) is 0.806. The first kappa shape index (κ1) is 22.2. The lowest BCUT2D eigenvalue weighted by molar-refractivity contribution is -0.192. The maximum atomic E-state index is 12.4. The fourth-order valence-corrected chi connectivity index (χ4v) is 3.73. The van der Waals surface area contributed by atoms with Gasteiger partial charge in [0.1, 0.15) is 0 Å². The fourth-order valence-electron chi connectivity index (χ4n) is 3.73. The maximum Gasteiger partial charge on any atom is 0.490 e. The number of alkyl halides is 3. The van der Waals surface area contributed by atoms with Crippen LogP contribution < -0.4 is 5.32 Å². The molecule has 2 heterocycles. The molecule has 0 aliphatic carbocycles. The third kappa shape index (κ3) is 5.45. The van der Waals surface area contributed by atoms with Gasteiger partial charge in [-0.3, -0.25) is 4.79 Å². The molecule has 28 heavy (non-hydrogen) atoms. The van der Waals surface area contributed by atoms with Crippen molar-refractivity contribution >= 4 is 11.9 Å². The van der Waals surface area contributed by atoms with Crippen molar-refractivity contribution < 1.29 is 32.6 Å². The first-order valence-electron chi connectivity index (χ1n) is 9.09. The van der Waals surface area contributed by atoms with E-state index in [1.807, 2.05) is 6.07 Å². The highest BCUT2D eigenvalue weighted by Crippen LogP contribution is 2.41. The molecule has 0 unspecified atom stereocenters. The number of benzene rings is 1. The van der Waals surface area contributed by atoms with Crippen LogP contribution in [0.4, 0.5) is 13.2 Å². The van der Waals surface area contributed by atoms with Crippen LogP contribution in [0.2, 0.25) is 0 Å². The number of carbonyl (C=O) groups is 2. The van der Waals surface area contributed by atoms with E-state index in [0.29, 0.717) is 6.61 Å². The minimum Gasteiger partial charge on any atom is -0.475 e. The van der Waals surface area contributed by atoms with Gasteiger partial charge in [0.05, 0.1) is 11.5 Å². The Kier molecular flexibility index (Phi) is 7.42. The standard InChI is InChI=1S/C17H24N2O2.C2HF3O2/c1-18-16(20)17-9-12-21-15(17)8-11-19(13-17)10-7-14-5-3-2-4-6-14;3-2(4,5)1(6)7/h2-6,15H,7-13H2,1H3,(H,18,20);(H,6,7)/t15-,17-;/m1./s1. The van der Waals surface area contributed by atoms with E-state index >= 15 is 0 Å². The number of nitrogens with zero attached hydrogens (tertiary/aromatic N) is 1. The zero-order valence-electron chi connectivity index (χ0n) is 15.7. The highest BCUT2D eigenvalue weighted by Gasteiger charge is 2.52. The monoisotopic (exact) mass is 402 g/mol. The minimum atomic E-state index is -5.08. The van der Waals surface area contributed by atoms with E-state index in [2.05, 4.69) is 34.5 Å². The molecule has 2 atom stereocenters. The predicted octanol–water partition coefficient (Wildman–Crippen LogP) is 2.09. The molecular formula is C19H25F3N2O4. The summed E-state index contributed by atoms with van der Waals surface area (Å²) < 4.78 is 37.5. The summed E-state index contributed by atoms with van der Waals surface area (Å²) in [5.41, 5.74) is 1.03. The molecule has 0 saturated carbocycles. The van der Waals surface area contributed by atoms with Crippen molar-refractivity contribution in [3.05, 3.63) is 35.9 Å². The third-order valence-electron chi connectivity index (χ3n) is 5.18. The zero-order chi connectivity index (χ0) is 20.8. The lowest BCUT2D eigenvalue weighted by atomic mass is 9.75. The molecule has 6 nitrogen and oxygen atoms in total. The molecule has 2 aliphatic heterocycles. The largest absolute Gasteiger partial charge is 0.490 e. The smallest absolute Gasteiger partial charge is 0.475 e. The molecule has 0 aromatic heterocycles. The number of likely N-dealkylation sites (tertiary alicyclic amines) is 1. The van der Waals surface area contributed by atoms with Gasteiger partial charge in [-0.1, -0.05) is 30.3 Å². The van der Waals surface area contributed by atoms with Crippen LogP contribution >= 0.6 is 0 Å². The predicted molar refractivity (Wildman–Crippen MR) is 95.8 cm³/mol. The van der Waals surface area contributed by atoms with Gasteiger partial charge in [-0.05, 0) is 24.8 Å². The summed E-state index contributed by atoms with van der Waals surface area (Å²) in [5.74, 6) is -2.61. The molecule has 2 aliphatic rings. The van der Waals surface area contributed by atoms with Gasteiger partial charge in [0.15, 0.2) is 0 Å². The first-order valence-corrected chi connectivity index (χ1v) is 9.09. The topological polar surface area (TPSA) is 78.9 Å². The van der Waals surface area contributed by atoms with Crippen LogP contribution in [0.15, 0.2) is 30.3 Å². The third-order valence-corrected chi connectivity index (χ3v) is 5.18. The Hall–Kier alpha value is -2.13. The van der Waals surface area contributed by atoms with Crippen LogP contribution in [0, 0.1) is 5.41 Å². The van der Waals surface area contributed by atoms with E-state index in [1.165, 1.54) is 5.56 Å². The van der Waals surface area contributed by atoms with Crippen molar-refractivity contribution in [2.24, 2.45) is 5.41 Å². The van der Waals surface area contributed by atoms with Crippen molar-refractivity contribution in [3.8, 4) is 0 Å². The van der Waals surface area contributed by atoms with E-state index in [9.17, 15) is 18.0 Å². The summed E-state index contributed by atoms with van der Waals surface area (Å²) in [6.45, 7) is 3.57. The van der Waals surface area contributed by atoms with Crippen LogP contribution in [0.1, 0.15) is 18.4 Å². The van der Waals surface area contributed by atoms with Gasteiger partial charge in [-0.2, -0.15) is 13.2 Å². The summed E-state index contributed by atoms with van der Waals surface area (Å²) in [6.07, 6.45) is -2.14. The number of nitrogens with one attached hydrogen (secondary N) is 1. The van der Waals surface area contributed by atoms with Crippen LogP contribution in [-0.4, -0.2) is 67.5 Å². The van der Waals surface area contributed by atoms with Crippen molar-refractivity contribution in [1.29, 1.82) is 0 Å². The molecule has 1 aromatic carbocycles. The van der Waals surface area contributed by atoms with E-state index in [0.717, 1.165) is 38.9 Å². The van der Waals surface area contributed by atoms with Gasteiger partial charge in [0, 0.05) is 33.3 Å². The molecule has 1 aromatic rings. The fraction of sp³-hybridized carbons (Fsp3) is 0.579. The molecule has 156 valence electrons. The van der Waals surface area contributed by atoms with Gasteiger partial charge in [-0.25, -0.2) is 4.79 Å². The van der Waals surface area contributed by atoms with E-state index in [-0.39, 0.29) is 17.4 Å². The number of piperidine rings is 1. The van der Waals surface area contributed by atoms with Crippen molar-refractivity contribution in [3.63, 3.8) is 0 Å². The Bertz CT molecular complexity index is 669. The van der Waals surface area contributed by atoms with Crippen LogP contribution in [0.3, 0.4) is 0 Å². The zero-order valence-corrected chi connectivity index (χ0v) is 15.7. The number of carboxylic acids is 1. The molecule has 2 fully saturated rings. The second kappa shape index (κ2) is 9.38. The highest BCUT2D eigenvalue weighted by atomic mass is 19.4. The Labute approximate surface area is 161 Å². The van der Waals surface area contributed by atoms with E-state index < -0.39 is 12.1 Å². The number of ether oxygens (including phenoxy) is 1. The molecule has 2 N–H and O–H groups in total. The highest BCUT2D eigenvalue weighted by molar-refractivity contribution is 5.83. The summed E-state index contributed by atoms with van der Waals surface area (Å²) in [4.78, 5) is 23.7. The number of halogens is 3. The lowest BCUT2D eigenvalue weighted by Crippen LogP contribution is -2.56. The average Bonchev–Trinajstić information content (AvgIpc) is 3.10. The Morgan fingerprint density at radius 1 is 1.32 bits per heavy atom. The van der Waals surface area contributed by atoms with Crippen molar-refractivity contribution in [1.82, 2.24) is 10.2 Å². The first-order chi connectivity index (χ1) is 13.2. The van der Waals surface area contributed by atoms with E-state index in [1.54, 1.807) is 7.05 Å². The van der Waals surface area contributed by atoms with Gasteiger partial charge in [0.25, 0.3) is 0 Å². The maximum absolute atomic E-state index is 12.4. The number of fused-ring (bicyclic) bond motifs is 1. The SMILES string of the molecule is CNC(=O)[C@@]12CCO[C@@H]1CCN(CCc1ccccc1)C2.O=C(O)C(F)(F)F. The average molecular weight is 402 g/mol. The Balaban J connectivity index is 0.000000345. The number of amides is 1. The molecule has 0 spiro atoms. The van der Waals surface area contributed by atoms with Gasteiger partial charge < -0.3 is 20.1 Å². The molecular weight excluding hydrogens is 377 g/mol. The second-order valence-electron chi connectivity index (χ2n) is 6.95. The van der Waals surface area contributed by atoms with Gasteiger partial charge in [0.2, 0.25) is 5.91 Å². The number of rotatable bonds is 4. The number of carbonyl (C=O) groups excluding carboxylic acids is 1. The Morgan fingerprint density at radius 2 is 1.96 bits per heavy atom. The number of hydrogen-bond donors (Lipinski definition) is 2. The molecule has 2 saturated heterocycles. The minimum absolute atomic E-state index is 0.102. The number of carboxylic acid groups (broad SMARTS) is 1. The molecule has 0 radical (unpaired) electrons. The number of aliphatic carboxylic acids is 1. The second-order valence-corrected chi connectivity index (χ2v) is 6.95. The summed E-state index contributed by atoms with van der Waals surface area (Å²) in [6, 6.07) is 10.5. The molecule has 3 rings (SSSR count). The molecule has 1 amide bonds. The van der Waals surface area contributed by atoms with Crippen LogP contribution in [0.25, 0.3) is 0 Å². The number of hydrogen-bond acceptors (Lipinski definition) is 4. The lowest BCUT2D eigenvalue weighted by Gasteiger charge is -2.42. The molecule has 9 heteroatoms. The van der Waals surface area contributed by atoms with Crippen molar-refractivity contribution in [2.45, 2.75) is 31.5 Å².